The van der Waals surface area contributed by atoms with Crippen LogP contribution in [0.3, 0.4) is 0 Å². The molecule has 1 fully saturated rings. The van der Waals surface area contributed by atoms with Gasteiger partial charge in [-0.25, -0.2) is 9.97 Å². The Hall–Kier alpha value is -2.08. The van der Waals surface area contributed by atoms with Gasteiger partial charge in [0, 0.05) is 0 Å². The first-order chi connectivity index (χ1) is 10.7. The lowest BCUT2D eigenvalue weighted by Gasteiger charge is -2.26. The second kappa shape index (κ2) is 6.36. The van der Waals surface area contributed by atoms with E-state index in [9.17, 15) is 5.11 Å². The van der Waals surface area contributed by atoms with Crippen LogP contribution in [0.4, 0.5) is 0 Å². The zero-order valence-corrected chi connectivity index (χ0v) is 12.8. The van der Waals surface area contributed by atoms with Gasteiger partial charge in [0.25, 0.3) is 11.8 Å². The van der Waals surface area contributed by atoms with Gasteiger partial charge >= 0.3 is 0 Å². The summed E-state index contributed by atoms with van der Waals surface area (Å²) in [6.07, 6.45) is 2.94. The van der Waals surface area contributed by atoms with Crippen molar-refractivity contribution in [3.05, 3.63) is 18.2 Å². The van der Waals surface area contributed by atoms with Gasteiger partial charge in [0.15, 0.2) is 0 Å². The van der Waals surface area contributed by atoms with Crippen molar-refractivity contribution in [1.82, 2.24) is 9.97 Å². The van der Waals surface area contributed by atoms with Gasteiger partial charge in [-0.3, -0.25) is 0 Å². The summed E-state index contributed by atoms with van der Waals surface area (Å²) in [5.41, 5.74) is 1.35. The first kappa shape index (κ1) is 14.8. The van der Waals surface area contributed by atoms with Crippen LogP contribution in [0.15, 0.2) is 18.2 Å². The van der Waals surface area contributed by atoms with E-state index in [2.05, 4.69) is 9.97 Å². The Balaban J connectivity index is 1.91. The second-order valence-corrected chi connectivity index (χ2v) is 5.41. The number of ether oxygens (including phenoxy) is 3. The Morgan fingerprint density at radius 3 is 2.45 bits per heavy atom. The van der Waals surface area contributed by atoms with E-state index in [1.54, 1.807) is 14.2 Å². The molecule has 0 saturated heterocycles. The molecule has 2 aromatic rings. The number of aliphatic hydroxyl groups is 1. The summed E-state index contributed by atoms with van der Waals surface area (Å²) in [7, 11) is 3.14. The molecule has 1 aliphatic carbocycles. The minimum Gasteiger partial charge on any atom is -0.494 e. The number of para-hydroxylation sites is 1. The molecule has 0 spiro atoms. The predicted molar refractivity (Wildman–Crippen MR) is 81.5 cm³/mol. The fraction of sp³-hybridized carbons (Fsp3) is 0.500. The normalized spacial score (nSPS) is 21.6. The van der Waals surface area contributed by atoms with Crippen molar-refractivity contribution in [2.24, 2.45) is 0 Å². The quantitative estimate of drug-likeness (QED) is 0.934. The number of rotatable bonds is 4. The van der Waals surface area contributed by atoms with Gasteiger partial charge in [0.05, 0.1) is 25.8 Å². The van der Waals surface area contributed by atoms with Crippen molar-refractivity contribution in [2.75, 3.05) is 14.2 Å². The van der Waals surface area contributed by atoms with Gasteiger partial charge in [-0.05, 0) is 37.8 Å². The lowest BCUT2D eigenvalue weighted by atomic mass is 9.95. The maximum Gasteiger partial charge on any atom is 0.278 e. The highest BCUT2D eigenvalue weighted by Crippen LogP contribution is 2.32. The van der Waals surface area contributed by atoms with Crippen LogP contribution >= 0.6 is 0 Å². The number of benzene rings is 1. The van der Waals surface area contributed by atoms with Gasteiger partial charge in [-0.1, -0.05) is 6.07 Å². The van der Waals surface area contributed by atoms with E-state index in [-0.39, 0.29) is 12.2 Å². The number of aliphatic hydroxyl groups excluding tert-OH is 1. The van der Waals surface area contributed by atoms with Gasteiger partial charge in [-0.2, -0.15) is 0 Å². The summed E-state index contributed by atoms with van der Waals surface area (Å²) < 4.78 is 16.6. The van der Waals surface area contributed by atoms with E-state index < -0.39 is 0 Å². The van der Waals surface area contributed by atoms with Crippen LogP contribution in [0, 0.1) is 0 Å². The fourth-order valence-electron chi connectivity index (χ4n) is 2.72. The van der Waals surface area contributed by atoms with Gasteiger partial charge in [0.2, 0.25) is 0 Å². The number of methoxy groups -OCH3 is 2. The molecule has 6 heteroatoms. The Labute approximate surface area is 129 Å². The van der Waals surface area contributed by atoms with Crippen molar-refractivity contribution >= 4 is 11.0 Å². The van der Waals surface area contributed by atoms with Crippen LogP contribution in [-0.2, 0) is 0 Å². The third-order valence-corrected chi connectivity index (χ3v) is 3.93. The maximum atomic E-state index is 9.57. The zero-order chi connectivity index (χ0) is 15.5. The lowest BCUT2D eigenvalue weighted by molar-refractivity contribution is 0.0626. The molecule has 0 unspecified atom stereocenters. The topological polar surface area (TPSA) is 73.7 Å². The molecule has 0 amide bonds. The largest absolute Gasteiger partial charge is 0.494 e. The molecule has 1 heterocycles. The van der Waals surface area contributed by atoms with E-state index >= 15 is 0 Å². The van der Waals surface area contributed by atoms with Gasteiger partial charge in [-0.15, -0.1) is 0 Å². The summed E-state index contributed by atoms with van der Waals surface area (Å²) in [6, 6.07) is 5.56. The smallest absolute Gasteiger partial charge is 0.278 e. The minimum absolute atomic E-state index is 0.0367. The Bertz CT molecular complexity index is 654. The van der Waals surface area contributed by atoms with Crippen molar-refractivity contribution < 1.29 is 19.3 Å². The molecular weight excluding hydrogens is 284 g/mol. The SMILES string of the molecule is COc1nc2c(OC)cccc2nc1OC1CCC(O)CC1. The third-order valence-electron chi connectivity index (χ3n) is 3.93. The monoisotopic (exact) mass is 304 g/mol. The summed E-state index contributed by atoms with van der Waals surface area (Å²) in [6.45, 7) is 0. The molecule has 22 heavy (non-hydrogen) atoms. The molecular formula is C16H20N2O4. The molecule has 0 bridgehead atoms. The van der Waals surface area contributed by atoms with Crippen LogP contribution in [0.1, 0.15) is 25.7 Å². The van der Waals surface area contributed by atoms with Crippen LogP contribution in [-0.4, -0.2) is 41.5 Å². The molecule has 6 nitrogen and oxygen atoms in total. The van der Waals surface area contributed by atoms with Crippen LogP contribution in [0.2, 0.25) is 0 Å². The molecule has 3 rings (SSSR count). The summed E-state index contributed by atoms with van der Waals surface area (Å²) in [4.78, 5) is 8.98. The summed E-state index contributed by atoms with van der Waals surface area (Å²) >= 11 is 0. The van der Waals surface area contributed by atoms with Crippen molar-refractivity contribution in [1.29, 1.82) is 0 Å². The molecule has 1 N–H and O–H groups in total. The summed E-state index contributed by atoms with van der Waals surface area (Å²) in [5.74, 6) is 1.39. The molecule has 118 valence electrons. The molecule has 0 atom stereocenters. The first-order valence-electron chi connectivity index (χ1n) is 7.44. The number of aromatic nitrogens is 2. The Morgan fingerprint density at radius 2 is 1.77 bits per heavy atom. The van der Waals surface area contributed by atoms with Gasteiger partial charge < -0.3 is 19.3 Å². The minimum atomic E-state index is -0.214. The van der Waals surface area contributed by atoms with Gasteiger partial charge in [0.1, 0.15) is 17.4 Å². The molecule has 0 aliphatic heterocycles. The van der Waals surface area contributed by atoms with E-state index in [1.165, 1.54) is 0 Å². The first-order valence-corrected chi connectivity index (χ1v) is 7.44. The van der Waals surface area contributed by atoms with E-state index in [0.29, 0.717) is 28.5 Å². The Kier molecular flexibility index (Phi) is 4.29. The second-order valence-electron chi connectivity index (χ2n) is 5.41. The molecule has 1 aliphatic rings. The highest BCUT2D eigenvalue weighted by atomic mass is 16.5. The van der Waals surface area contributed by atoms with Crippen molar-refractivity contribution in [3.63, 3.8) is 0 Å². The number of hydrogen-bond donors (Lipinski definition) is 1. The number of fused-ring (bicyclic) bond motifs is 1. The fourth-order valence-corrected chi connectivity index (χ4v) is 2.72. The average molecular weight is 304 g/mol. The highest BCUT2D eigenvalue weighted by Gasteiger charge is 2.23. The lowest BCUT2D eigenvalue weighted by Crippen LogP contribution is -2.27. The van der Waals surface area contributed by atoms with Crippen LogP contribution in [0.5, 0.6) is 17.5 Å². The number of hydrogen-bond acceptors (Lipinski definition) is 6. The molecule has 0 radical (unpaired) electrons. The molecule has 1 aromatic carbocycles. The predicted octanol–water partition coefficient (Wildman–Crippen LogP) is 2.33. The average Bonchev–Trinajstić information content (AvgIpc) is 2.55. The number of nitrogens with zero attached hydrogens (tertiary/aromatic N) is 2. The van der Waals surface area contributed by atoms with Crippen LogP contribution in [0.25, 0.3) is 11.0 Å². The highest BCUT2D eigenvalue weighted by molar-refractivity contribution is 5.82. The third kappa shape index (κ3) is 2.92. The van der Waals surface area contributed by atoms with E-state index in [1.807, 2.05) is 18.2 Å². The van der Waals surface area contributed by atoms with E-state index in [0.717, 1.165) is 25.7 Å². The standard InChI is InChI=1S/C16H20N2O4/c1-20-13-5-3-4-12-14(13)18-15(21-2)16(17-12)22-11-8-6-10(19)7-9-11/h3-5,10-11,19H,6-9H2,1-2H3. The Morgan fingerprint density at radius 1 is 1.00 bits per heavy atom. The van der Waals surface area contributed by atoms with Crippen molar-refractivity contribution in [3.8, 4) is 17.5 Å². The van der Waals surface area contributed by atoms with Crippen LogP contribution < -0.4 is 14.2 Å². The molecule has 1 aromatic heterocycles. The van der Waals surface area contributed by atoms with Crippen molar-refractivity contribution in [2.45, 2.75) is 37.9 Å². The molecule has 1 saturated carbocycles. The zero-order valence-electron chi connectivity index (χ0n) is 12.8. The van der Waals surface area contributed by atoms with E-state index in [4.69, 9.17) is 14.2 Å². The summed E-state index contributed by atoms with van der Waals surface area (Å²) in [5, 5.41) is 9.57. The maximum absolute atomic E-state index is 9.57.